The molecule has 0 spiro atoms. The van der Waals surface area contributed by atoms with Crippen LogP contribution < -0.4 is 0 Å². The Balaban J connectivity index is 2.13. The fourth-order valence-corrected chi connectivity index (χ4v) is 2.23. The lowest BCUT2D eigenvalue weighted by Gasteiger charge is -2.37. The topological polar surface area (TPSA) is 55.5 Å². The second-order valence-corrected chi connectivity index (χ2v) is 4.17. The summed E-state index contributed by atoms with van der Waals surface area (Å²) in [7, 11) is 0. The van der Waals surface area contributed by atoms with Crippen molar-refractivity contribution >= 4 is 17.0 Å². The van der Waals surface area contributed by atoms with Crippen molar-refractivity contribution in [2.45, 2.75) is 24.8 Å². The molecule has 0 aliphatic heterocycles. The van der Waals surface area contributed by atoms with Gasteiger partial charge in [0, 0.05) is 5.39 Å². The smallest absolute Gasteiger partial charge is 0.235 e. The van der Waals surface area contributed by atoms with E-state index >= 15 is 0 Å². The van der Waals surface area contributed by atoms with Crippen LogP contribution in [0.25, 0.3) is 11.0 Å². The highest BCUT2D eigenvalue weighted by molar-refractivity contribution is 5.77. The Labute approximate surface area is 92.0 Å². The van der Waals surface area contributed by atoms with E-state index in [1.165, 1.54) is 0 Å². The normalized spacial score (nSPS) is 17.8. The number of hydrogen-bond acceptors (Lipinski definition) is 4. The maximum absolute atomic E-state index is 10.5. The van der Waals surface area contributed by atoms with Gasteiger partial charge in [-0.1, -0.05) is 11.2 Å². The molecule has 4 heteroatoms. The zero-order chi connectivity index (χ0) is 11.0. The molecule has 1 aromatic heterocycles. The van der Waals surface area contributed by atoms with Crippen LogP contribution in [0.5, 0.6) is 0 Å². The van der Waals surface area contributed by atoms with E-state index in [0.717, 1.165) is 35.8 Å². The lowest BCUT2D eigenvalue weighted by Crippen LogP contribution is -2.31. The zero-order valence-corrected chi connectivity index (χ0v) is 8.64. The van der Waals surface area contributed by atoms with Gasteiger partial charge in [-0.05, 0) is 37.0 Å². The van der Waals surface area contributed by atoms with Crippen LogP contribution in [0.4, 0.5) is 0 Å². The van der Waals surface area contributed by atoms with Gasteiger partial charge >= 0.3 is 0 Å². The second kappa shape index (κ2) is 3.29. The van der Waals surface area contributed by atoms with Gasteiger partial charge < -0.3 is 4.52 Å². The molecule has 3 rings (SSSR count). The molecule has 1 aliphatic rings. The number of fused-ring (bicyclic) bond motifs is 1. The highest BCUT2D eigenvalue weighted by atomic mass is 16.5. The van der Waals surface area contributed by atoms with Crippen LogP contribution in [-0.4, -0.2) is 11.2 Å². The van der Waals surface area contributed by atoms with Gasteiger partial charge in [0.05, 0.1) is 11.7 Å². The van der Waals surface area contributed by atoms with Crippen molar-refractivity contribution in [3.8, 4) is 0 Å². The predicted molar refractivity (Wildman–Crippen MR) is 57.7 cm³/mol. The first-order valence-electron chi connectivity index (χ1n) is 5.28. The SMILES string of the molecule is O=C=NC1(c2ccc3oncc3c2)CCC1. The molecule has 16 heavy (non-hydrogen) atoms. The number of nitrogens with zero attached hydrogens (tertiary/aromatic N) is 2. The van der Waals surface area contributed by atoms with Crippen LogP contribution in [0.3, 0.4) is 0 Å². The third kappa shape index (κ3) is 1.20. The van der Waals surface area contributed by atoms with Gasteiger partial charge in [-0.2, -0.15) is 4.99 Å². The van der Waals surface area contributed by atoms with Gasteiger partial charge in [-0.25, -0.2) is 4.79 Å². The van der Waals surface area contributed by atoms with E-state index in [9.17, 15) is 4.79 Å². The van der Waals surface area contributed by atoms with Crippen molar-refractivity contribution in [3.63, 3.8) is 0 Å². The number of benzene rings is 1. The average molecular weight is 214 g/mol. The van der Waals surface area contributed by atoms with Crippen molar-refractivity contribution in [3.05, 3.63) is 30.0 Å². The summed E-state index contributed by atoms with van der Waals surface area (Å²) in [6, 6.07) is 5.82. The minimum atomic E-state index is -0.340. The fourth-order valence-electron chi connectivity index (χ4n) is 2.23. The van der Waals surface area contributed by atoms with Crippen LogP contribution in [0.2, 0.25) is 0 Å². The number of carbonyl (C=O) groups excluding carboxylic acids is 1. The van der Waals surface area contributed by atoms with E-state index in [1.54, 1.807) is 12.3 Å². The molecule has 0 amide bonds. The van der Waals surface area contributed by atoms with E-state index in [0.29, 0.717) is 0 Å². The Bertz CT molecular complexity index is 577. The summed E-state index contributed by atoms with van der Waals surface area (Å²) in [4.78, 5) is 14.4. The number of rotatable bonds is 2. The van der Waals surface area contributed by atoms with Gasteiger partial charge in [0.25, 0.3) is 0 Å². The number of aromatic nitrogens is 1. The van der Waals surface area contributed by atoms with Gasteiger partial charge in [-0.3, -0.25) is 0 Å². The fraction of sp³-hybridized carbons (Fsp3) is 0.333. The number of aliphatic imine (C=N–C) groups is 1. The number of hydrogen-bond donors (Lipinski definition) is 0. The van der Waals surface area contributed by atoms with E-state index in [-0.39, 0.29) is 5.54 Å². The summed E-state index contributed by atoms with van der Waals surface area (Å²) in [5, 5.41) is 4.68. The maximum Gasteiger partial charge on any atom is 0.235 e. The first-order chi connectivity index (χ1) is 7.84. The Morgan fingerprint density at radius 1 is 1.44 bits per heavy atom. The third-order valence-electron chi connectivity index (χ3n) is 3.33. The molecule has 0 bridgehead atoms. The van der Waals surface area contributed by atoms with Crippen LogP contribution >= 0.6 is 0 Å². The Kier molecular flexibility index (Phi) is 1.91. The highest BCUT2D eigenvalue weighted by Crippen LogP contribution is 2.45. The largest absolute Gasteiger partial charge is 0.356 e. The van der Waals surface area contributed by atoms with E-state index in [4.69, 9.17) is 4.52 Å². The first-order valence-corrected chi connectivity index (χ1v) is 5.28. The summed E-state index contributed by atoms with van der Waals surface area (Å²) < 4.78 is 5.04. The van der Waals surface area contributed by atoms with E-state index < -0.39 is 0 Å². The van der Waals surface area contributed by atoms with Crippen LogP contribution in [0, 0.1) is 0 Å². The van der Waals surface area contributed by atoms with Crippen LogP contribution in [0.1, 0.15) is 24.8 Å². The second-order valence-electron chi connectivity index (χ2n) is 4.17. The monoisotopic (exact) mass is 214 g/mol. The lowest BCUT2D eigenvalue weighted by molar-refractivity contribution is 0.256. The molecule has 1 aliphatic carbocycles. The predicted octanol–water partition coefficient (Wildman–Crippen LogP) is 2.54. The molecule has 1 aromatic carbocycles. The average Bonchev–Trinajstić information content (AvgIpc) is 2.70. The number of isocyanates is 1. The molecular weight excluding hydrogens is 204 g/mol. The summed E-state index contributed by atoms with van der Waals surface area (Å²) in [5.41, 5.74) is 1.47. The Morgan fingerprint density at radius 3 is 3.00 bits per heavy atom. The molecule has 1 heterocycles. The van der Waals surface area contributed by atoms with Gasteiger partial charge in [0.2, 0.25) is 6.08 Å². The van der Waals surface area contributed by atoms with Crippen molar-refractivity contribution in [2.75, 3.05) is 0 Å². The molecule has 0 unspecified atom stereocenters. The molecule has 2 aromatic rings. The van der Waals surface area contributed by atoms with Crippen molar-refractivity contribution in [1.82, 2.24) is 5.16 Å². The van der Waals surface area contributed by atoms with Crippen molar-refractivity contribution in [1.29, 1.82) is 0 Å². The summed E-state index contributed by atoms with van der Waals surface area (Å²) in [6.07, 6.45) is 6.30. The molecular formula is C12H10N2O2. The molecule has 80 valence electrons. The molecule has 1 saturated carbocycles. The molecule has 4 nitrogen and oxygen atoms in total. The van der Waals surface area contributed by atoms with Gasteiger partial charge in [0.1, 0.15) is 0 Å². The zero-order valence-electron chi connectivity index (χ0n) is 8.64. The summed E-state index contributed by atoms with van der Waals surface area (Å²) >= 11 is 0. The standard InChI is InChI=1S/C12H10N2O2/c15-8-13-12(4-1-5-12)10-2-3-11-9(6-10)7-14-16-11/h2-3,6-7H,1,4-5H2. The molecule has 0 radical (unpaired) electrons. The first kappa shape index (κ1) is 9.31. The lowest BCUT2D eigenvalue weighted by atomic mass is 9.72. The van der Waals surface area contributed by atoms with Crippen molar-refractivity contribution < 1.29 is 9.32 Å². The molecule has 0 N–H and O–H groups in total. The van der Waals surface area contributed by atoms with Crippen LogP contribution in [0.15, 0.2) is 33.9 Å². The minimum absolute atomic E-state index is 0.340. The molecule has 0 atom stereocenters. The Hall–Kier alpha value is -1.93. The highest BCUT2D eigenvalue weighted by Gasteiger charge is 2.38. The van der Waals surface area contributed by atoms with Crippen molar-refractivity contribution in [2.24, 2.45) is 4.99 Å². The van der Waals surface area contributed by atoms with Gasteiger partial charge in [-0.15, -0.1) is 0 Å². The summed E-state index contributed by atoms with van der Waals surface area (Å²) in [6.45, 7) is 0. The maximum atomic E-state index is 10.5. The minimum Gasteiger partial charge on any atom is -0.356 e. The van der Waals surface area contributed by atoms with Gasteiger partial charge in [0.15, 0.2) is 5.58 Å². The molecule has 0 saturated heterocycles. The molecule has 1 fully saturated rings. The third-order valence-corrected chi connectivity index (χ3v) is 3.33. The quantitative estimate of drug-likeness (QED) is 0.570. The van der Waals surface area contributed by atoms with E-state index in [1.807, 2.05) is 18.2 Å². The van der Waals surface area contributed by atoms with E-state index in [2.05, 4.69) is 10.1 Å². The summed E-state index contributed by atoms with van der Waals surface area (Å²) in [5.74, 6) is 0. The van der Waals surface area contributed by atoms with Crippen LogP contribution in [-0.2, 0) is 10.3 Å². The Morgan fingerprint density at radius 2 is 2.31 bits per heavy atom.